The minimum absolute atomic E-state index is 0.704. The lowest BCUT2D eigenvalue weighted by atomic mass is 10.1. The molecule has 2 aromatic rings. The quantitative estimate of drug-likeness (QED) is 0.869. The number of rotatable bonds is 4. The molecule has 0 spiro atoms. The van der Waals surface area contributed by atoms with Crippen LogP contribution in [0.5, 0.6) is 0 Å². The van der Waals surface area contributed by atoms with Crippen molar-refractivity contribution in [3.8, 4) is 6.07 Å². The van der Waals surface area contributed by atoms with Gasteiger partial charge in [0.25, 0.3) is 0 Å². The van der Waals surface area contributed by atoms with Crippen molar-refractivity contribution < 1.29 is 0 Å². The van der Waals surface area contributed by atoms with Gasteiger partial charge in [0.05, 0.1) is 5.56 Å². The Morgan fingerprint density at radius 1 is 1.12 bits per heavy atom. The lowest BCUT2D eigenvalue weighted by Gasteiger charge is -2.35. The minimum Gasteiger partial charge on any atom is -0.353 e. The van der Waals surface area contributed by atoms with Crippen LogP contribution in [0.4, 0.5) is 5.82 Å². The molecule has 122 valence electrons. The molecule has 1 aliphatic rings. The van der Waals surface area contributed by atoms with Gasteiger partial charge in [0.1, 0.15) is 11.9 Å². The van der Waals surface area contributed by atoms with Gasteiger partial charge in [0.2, 0.25) is 0 Å². The summed E-state index contributed by atoms with van der Waals surface area (Å²) in [6.45, 7) is 6.71. The van der Waals surface area contributed by atoms with Crippen LogP contribution in [-0.2, 0) is 0 Å². The molecule has 1 aliphatic heterocycles. The van der Waals surface area contributed by atoms with Crippen molar-refractivity contribution >= 4 is 11.9 Å². The number of aromatic nitrogens is 1. The van der Waals surface area contributed by atoms with Gasteiger partial charge in [-0.2, -0.15) is 5.26 Å². The molecule has 4 heteroatoms. The zero-order chi connectivity index (χ0) is 16.8. The van der Waals surface area contributed by atoms with E-state index >= 15 is 0 Å². The van der Waals surface area contributed by atoms with E-state index in [4.69, 9.17) is 0 Å². The number of nitriles is 1. The number of hydrogen-bond donors (Lipinski definition) is 0. The molecule has 24 heavy (non-hydrogen) atoms. The van der Waals surface area contributed by atoms with E-state index in [1.54, 1.807) is 6.20 Å². The van der Waals surface area contributed by atoms with E-state index in [2.05, 4.69) is 57.3 Å². The molecule has 1 fully saturated rings. The van der Waals surface area contributed by atoms with Crippen LogP contribution in [0, 0.1) is 18.3 Å². The number of aryl methyl sites for hydroxylation is 1. The summed E-state index contributed by atoms with van der Waals surface area (Å²) in [6.07, 6.45) is 6.18. The number of piperazine rings is 1. The first-order chi connectivity index (χ1) is 11.8. The summed E-state index contributed by atoms with van der Waals surface area (Å²) in [6, 6.07) is 14.6. The standard InChI is InChI=1S/C20H22N4/c1-17-9-10-22-20(19(17)16-21)24-14-12-23(13-15-24)11-5-8-18-6-3-2-4-7-18/h2-10H,11-15H2,1H3/b8-5+. The zero-order valence-electron chi connectivity index (χ0n) is 14.0. The Morgan fingerprint density at radius 3 is 2.58 bits per heavy atom. The highest BCUT2D eigenvalue weighted by Crippen LogP contribution is 2.21. The molecule has 1 aromatic heterocycles. The Bertz CT molecular complexity index is 738. The molecule has 0 amide bonds. The first kappa shape index (κ1) is 16.2. The molecule has 0 atom stereocenters. The van der Waals surface area contributed by atoms with Gasteiger partial charge in [-0.05, 0) is 24.1 Å². The molecule has 0 unspecified atom stereocenters. The first-order valence-corrected chi connectivity index (χ1v) is 8.32. The fourth-order valence-electron chi connectivity index (χ4n) is 2.97. The van der Waals surface area contributed by atoms with E-state index in [1.807, 2.05) is 19.1 Å². The largest absolute Gasteiger partial charge is 0.353 e. The Morgan fingerprint density at radius 2 is 1.88 bits per heavy atom. The molecular weight excluding hydrogens is 296 g/mol. The van der Waals surface area contributed by atoms with Crippen LogP contribution in [-0.4, -0.2) is 42.6 Å². The van der Waals surface area contributed by atoms with Crippen LogP contribution < -0.4 is 4.90 Å². The maximum atomic E-state index is 9.37. The van der Waals surface area contributed by atoms with Gasteiger partial charge in [0, 0.05) is 38.9 Å². The Balaban J connectivity index is 1.56. The fourth-order valence-corrected chi connectivity index (χ4v) is 2.97. The third-order valence-corrected chi connectivity index (χ3v) is 4.40. The van der Waals surface area contributed by atoms with Gasteiger partial charge in [-0.25, -0.2) is 4.98 Å². The van der Waals surface area contributed by atoms with Gasteiger partial charge in [-0.3, -0.25) is 4.90 Å². The van der Waals surface area contributed by atoms with Crippen LogP contribution in [0.1, 0.15) is 16.7 Å². The number of anilines is 1. The van der Waals surface area contributed by atoms with Crippen LogP contribution in [0.25, 0.3) is 6.08 Å². The van der Waals surface area contributed by atoms with Crippen LogP contribution in [0.15, 0.2) is 48.7 Å². The normalized spacial score (nSPS) is 15.6. The summed E-state index contributed by atoms with van der Waals surface area (Å²) >= 11 is 0. The molecule has 4 nitrogen and oxygen atoms in total. The van der Waals surface area contributed by atoms with Crippen molar-refractivity contribution in [1.29, 1.82) is 5.26 Å². The lowest BCUT2D eigenvalue weighted by Crippen LogP contribution is -2.46. The number of pyridine rings is 1. The topological polar surface area (TPSA) is 43.2 Å². The Hall–Kier alpha value is -2.64. The van der Waals surface area contributed by atoms with Gasteiger partial charge < -0.3 is 4.90 Å². The van der Waals surface area contributed by atoms with Gasteiger partial charge in [-0.15, -0.1) is 0 Å². The van der Waals surface area contributed by atoms with Crippen molar-refractivity contribution in [3.63, 3.8) is 0 Å². The number of benzene rings is 1. The Kier molecular flexibility index (Phi) is 5.25. The van der Waals surface area contributed by atoms with Gasteiger partial charge in [-0.1, -0.05) is 42.5 Å². The maximum Gasteiger partial charge on any atom is 0.146 e. The van der Waals surface area contributed by atoms with E-state index in [9.17, 15) is 5.26 Å². The molecule has 0 bridgehead atoms. The first-order valence-electron chi connectivity index (χ1n) is 8.32. The molecule has 0 radical (unpaired) electrons. The molecule has 0 aliphatic carbocycles. The maximum absolute atomic E-state index is 9.37. The zero-order valence-corrected chi connectivity index (χ0v) is 14.0. The third kappa shape index (κ3) is 3.81. The molecule has 0 N–H and O–H groups in total. The van der Waals surface area contributed by atoms with E-state index < -0.39 is 0 Å². The minimum atomic E-state index is 0.704. The SMILES string of the molecule is Cc1ccnc(N2CCN(C/C=C/c3ccccc3)CC2)c1C#N. The van der Waals surface area contributed by atoms with Crippen molar-refractivity contribution in [2.24, 2.45) is 0 Å². The fraction of sp³-hybridized carbons (Fsp3) is 0.300. The predicted octanol–water partition coefficient (Wildman–Crippen LogP) is 3.10. The summed E-state index contributed by atoms with van der Waals surface area (Å²) in [7, 11) is 0. The smallest absolute Gasteiger partial charge is 0.146 e. The highest BCUT2D eigenvalue weighted by Gasteiger charge is 2.20. The van der Waals surface area contributed by atoms with E-state index in [0.29, 0.717) is 5.56 Å². The van der Waals surface area contributed by atoms with Crippen molar-refractivity contribution in [3.05, 3.63) is 65.4 Å². The average Bonchev–Trinajstić information content (AvgIpc) is 2.63. The van der Waals surface area contributed by atoms with Gasteiger partial charge >= 0.3 is 0 Å². The molecule has 0 saturated carbocycles. The Labute approximate surface area is 143 Å². The summed E-state index contributed by atoms with van der Waals surface area (Å²) in [5.74, 6) is 0.831. The molecule has 1 saturated heterocycles. The highest BCUT2D eigenvalue weighted by molar-refractivity contribution is 5.57. The lowest BCUT2D eigenvalue weighted by molar-refractivity contribution is 0.283. The monoisotopic (exact) mass is 318 g/mol. The number of hydrogen-bond acceptors (Lipinski definition) is 4. The summed E-state index contributed by atoms with van der Waals surface area (Å²) in [5, 5.41) is 9.37. The molecule has 3 rings (SSSR count). The molecule has 2 heterocycles. The summed E-state index contributed by atoms with van der Waals surface area (Å²) in [5.41, 5.74) is 2.93. The average molecular weight is 318 g/mol. The predicted molar refractivity (Wildman–Crippen MR) is 97.8 cm³/mol. The van der Waals surface area contributed by atoms with Crippen LogP contribution >= 0.6 is 0 Å². The third-order valence-electron chi connectivity index (χ3n) is 4.40. The van der Waals surface area contributed by atoms with Crippen molar-refractivity contribution in [2.75, 3.05) is 37.6 Å². The second-order valence-electron chi connectivity index (χ2n) is 6.04. The van der Waals surface area contributed by atoms with Crippen molar-refractivity contribution in [2.45, 2.75) is 6.92 Å². The van der Waals surface area contributed by atoms with E-state index in [1.165, 1.54) is 5.56 Å². The number of nitrogens with zero attached hydrogens (tertiary/aromatic N) is 4. The van der Waals surface area contributed by atoms with Crippen LogP contribution in [0.2, 0.25) is 0 Å². The molecular formula is C20H22N4. The molecule has 1 aromatic carbocycles. The second-order valence-corrected chi connectivity index (χ2v) is 6.04. The summed E-state index contributed by atoms with van der Waals surface area (Å²) < 4.78 is 0. The second kappa shape index (κ2) is 7.76. The highest BCUT2D eigenvalue weighted by atomic mass is 15.3. The van der Waals surface area contributed by atoms with Gasteiger partial charge in [0.15, 0.2) is 0 Å². The van der Waals surface area contributed by atoms with E-state index in [0.717, 1.165) is 44.1 Å². The van der Waals surface area contributed by atoms with Crippen LogP contribution in [0.3, 0.4) is 0 Å². The van der Waals surface area contributed by atoms with Crippen molar-refractivity contribution in [1.82, 2.24) is 9.88 Å². The van der Waals surface area contributed by atoms with E-state index in [-0.39, 0.29) is 0 Å². The summed E-state index contributed by atoms with van der Waals surface area (Å²) in [4.78, 5) is 9.09.